The number of hydrogen-bond acceptors (Lipinski definition) is 3. The van der Waals surface area contributed by atoms with Crippen LogP contribution in [0.5, 0.6) is 0 Å². The molecule has 1 heterocycles. The third-order valence-corrected chi connectivity index (χ3v) is 3.66. The first-order valence-corrected chi connectivity index (χ1v) is 6.38. The van der Waals surface area contributed by atoms with Gasteiger partial charge in [0.2, 0.25) is 0 Å². The Morgan fingerprint density at radius 3 is 2.58 bits per heavy atom. The summed E-state index contributed by atoms with van der Waals surface area (Å²) in [7, 11) is 1.76. The summed E-state index contributed by atoms with van der Waals surface area (Å²) in [6, 6.07) is 9.30. The Kier molecular flexibility index (Phi) is 3.37. The van der Waals surface area contributed by atoms with E-state index in [1.807, 2.05) is 38.1 Å². The van der Waals surface area contributed by atoms with Crippen molar-refractivity contribution in [3.05, 3.63) is 40.7 Å². The minimum absolute atomic E-state index is 0.0670. The van der Waals surface area contributed by atoms with E-state index in [9.17, 15) is 9.90 Å². The molecule has 1 aromatic carbocycles. The van der Waals surface area contributed by atoms with Gasteiger partial charge in [-0.3, -0.25) is 4.79 Å². The second-order valence-corrected chi connectivity index (χ2v) is 5.50. The number of pyridine rings is 1. The van der Waals surface area contributed by atoms with Crippen LogP contribution in [0.3, 0.4) is 0 Å². The number of aromatic nitrogens is 1. The summed E-state index contributed by atoms with van der Waals surface area (Å²) in [6.07, 6.45) is -0.532. The normalized spacial score (nSPS) is 13.5. The number of nitrogens with zero attached hydrogens (tertiary/aromatic N) is 1. The van der Waals surface area contributed by atoms with Crippen molar-refractivity contribution in [1.82, 2.24) is 4.57 Å². The standard InChI is InChI=1S/C15H20N2O2/c1-10(18)15(2,3)16-12-9-14(19)17(4)13-8-6-5-7-11(12)13/h5-10,16,18H,1-4H3. The van der Waals surface area contributed by atoms with E-state index in [0.29, 0.717) is 0 Å². The summed E-state index contributed by atoms with van der Waals surface area (Å²) < 4.78 is 1.62. The van der Waals surface area contributed by atoms with E-state index in [0.717, 1.165) is 16.6 Å². The lowest BCUT2D eigenvalue weighted by molar-refractivity contribution is 0.133. The maximum Gasteiger partial charge on any atom is 0.252 e. The molecule has 0 saturated carbocycles. The van der Waals surface area contributed by atoms with Crippen LogP contribution >= 0.6 is 0 Å². The fourth-order valence-electron chi connectivity index (χ4n) is 1.97. The van der Waals surface area contributed by atoms with Gasteiger partial charge in [-0.15, -0.1) is 0 Å². The molecular formula is C15H20N2O2. The van der Waals surface area contributed by atoms with Crippen molar-refractivity contribution >= 4 is 16.6 Å². The van der Waals surface area contributed by atoms with Crippen LogP contribution < -0.4 is 10.9 Å². The second-order valence-electron chi connectivity index (χ2n) is 5.50. The number of anilines is 1. The van der Waals surface area contributed by atoms with E-state index in [1.165, 1.54) is 0 Å². The molecule has 0 aliphatic heterocycles. The average molecular weight is 260 g/mol. The van der Waals surface area contributed by atoms with Gasteiger partial charge in [0, 0.05) is 24.2 Å². The van der Waals surface area contributed by atoms with E-state index in [2.05, 4.69) is 5.32 Å². The molecule has 4 nitrogen and oxygen atoms in total. The lowest BCUT2D eigenvalue weighted by atomic mass is 9.98. The third kappa shape index (κ3) is 2.49. The number of benzene rings is 1. The maximum atomic E-state index is 12.0. The number of aryl methyl sites for hydroxylation is 1. The molecule has 0 aliphatic rings. The van der Waals surface area contributed by atoms with Crippen molar-refractivity contribution in [1.29, 1.82) is 0 Å². The maximum absolute atomic E-state index is 12.0. The molecule has 0 bridgehead atoms. The molecule has 1 unspecified atom stereocenters. The zero-order valence-electron chi connectivity index (χ0n) is 11.8. The lowest BCUT2D eigenvalue weighted by Gasteiger charge is -2.31. The molecule has 4 heteroatoms. The fourth-order valence-corrected chi connectivity index (χ4v) is 1.97. The first kappa shape index (κ1) is 13.6. The smallest absolute Gasteiger partial charge is 0.252 e. The lowest BCUT2D eigenvalue weighted by Crippen LogP contribution is -2.42. The highest BCUT2D eigenvalue weighted by Crippen LogP contribution is 2.25. The molecule has 2 aromatic rings. The summed E-state index contributed by atoms with van der Waals surface area (Å²) in [5.74, 6) is 0. The molecule has 0 radical (unpaired) electrons. The molecule has 102 valence electrons. The Morgan fingerprint density at radius 2 is 1.95 bits per heavy atom. The number of rotatable bonds is 3. The van der Waals surface area contributed by atoms with E-state index >= 15 is 0 Å². The van der Waals surface area contributed by atoms with E-state index in [1.54, 1.807) is 24.6 Å². The summed E-state index contributed by atoms with van der Waals surface area (Å²) >= 11 is 0. The van der Waals surface area contributed by atoms with Gasteiger partial charge in [-0.1, -0.05) is 18.2 Å². The Morgan fingerprint density at radius 1 is 1.32 bits per heavy atom. The molecule has 0 saturated heterocycles. The van der Waals surface area contributed by atoms with Crippen LogP contribution in [-0.2, 0) is 7.05 Å². The predicted octanol–water partition coefficient (Wildman–Crippen LogP) is 2.11. The predicted molar refractivity (Wildman–Crippen MR) is 78.6 cm³/mol. The molecule has 0 spiro atoms. The van der Waals surface area contributed by atoms with E-state index < -0.39 is 11.6 Å². The van der Waals surface area contributed by atoms with Gasteiger partial charge < -0.3 is 15.0 Å². The van der Waals surface area contributed by atoms with Crippen LogP contribution in [0, 0.1) is 0 Å². The second kappa shape index (κ2) is 4.70. The van der Waals surface area contributed by atoms with Crippen LogP contribution in [-0.4, -0.2) is 21.3 Å². The van der Waals surface area contributed by atoms with E-state index in [4.69, 9.17) is 0 Å². The fraction of sp³-hybridized carbons (Fsp3) is 0.400. The van der Waals surface area contributed by atoms with Crippen LogP contribution in [0.1, 0.15) is 20.8 Å². The molecule has 1 aromatic heterocycles. The van der Waals surface area contributed by atoms with Crippen molar-refractivity contribution in [3.8, 4) is 0 Å². The summed E-state index contributed by atoms with van der Waals surface area (Å²) in [5, 5.41) is 14.0. The number of fused-ring (bicyclic) bond motifs is 1. The molecule has 1 atom stereocenters. The topological polar surface area (TPSA) is 54.3 Å². The number of nitrogens with one attached hydrogen (secondary N) is 1. The Bertz CT molecular complexity index is 657. The number of para-hydroxylation sites is 1. The highest BCUT2D eigenvalue weighted by Gasteiger charge is 2.24. The SMILES string of the molecule is CC(O)C(C)(C)Nc1cc(=O)n(C)c2ccccc12. The first-order chi connectivity index (χ1) is 8.83. The van der Waals surface area contributed by atoms with Gasteiger partial charge in [0.15, 0.2) is 0 Å². The summed E-state index contributed by atoms with van der Waals surface area (Å²) in [5.41, 5.74) is 1.06. The van der Waals surface area contributed by atoms with Crippen molar-refractivity contribution in [2.45, 2.75) is 32.4 Å². The van der Waals surface area contributed by atoms with Crippen LogP contribution in [0.2, 0.25) is 0 Å². The van der Waals surface area contributed by atoms with Gasteiger partial charge in [0.1, 0.15) is 0 Å². The highest BCUT2D eigenvalue weighted by molar-refractivity contribution is 5.91. The van der Waals surface area contributed by atoms with Crippen molar-refractivity contribution < 1.29 is 5.11 Å². The number of aliphatic hydroxyl groups is 1. The van der Waals surface area contributed by atoms with Gasteiger partial charge in [-0.05, 0) is 26.8 Å². The van der Waals surface area contributed by atoms with Crippen molar-refractivity contribution in [3.63, 3.8) is 0 Å². The molecule has 0 amide bonds. The Balaban J connectivity index is 2.62. The zero-order valence-corrected chi connectivity index (χ0v) is 11.8. The number of aliphatic hydroxyl groups excluding tert-OH is 1. The molecule has 2 rings (SSSR count). The molecule has 0 fully saturated rings. The Hall–Kier alpha value is -1.81. The quantitative estimate of drug-likeness (QED) is 0.888. The summed E-state index contributed by atoms with van der Waals surface area (Å²) in [6.45, 7) is 5.55. The van der Waals surface area contributed by atoms with Gasteiger partial charge in [-0.25, -0.2) is 0 Å². The first-order valence-electron chi connectivity index (χ1n) is 6.38. The average Bonchev–Trinajstić information content (AvgIpc) is 2.35. The van der Waals surface area contributed by atoms with Gasteiger partial charge in [0.25, 0.3) is 5.56 Å². The van der Waals surface area contributed by atoms with Gasteiger partial charge in [0.05, 0.1) is 17.2 Å². The van der Waals surface area contributed by atoms with Gasteiger partial charge >= 0.3 is 0 Å². The molecule has 0 aliphatic carbocycles. The van der Waals surface area contributed by atoms with Crippen LogP contribution in [0.4, 0.5) is 5.69 Å². The van der Waals surface area contributed by atoms with Crippen LogP contribution in [0.25, 0.3) is 10.9 Å². The van der Waals surface area contributed by atoms with Crippen molar-refractivity contribution in [2.24, 2.45) is 7.05 Å². The van der Waals surface area contributed by atoms with E-state index in [-0.39, 0.29) is 5.56 Å². The zero-order chi connectivity index (χ0) is 14.2. The minimum atomic E-state index is -0.532. The van der Waals surface area contributed by atoms with Crippen LogP contribution in [0.15, 0.2) is 35.1 Å². The Labute approximate surface area is 112 Å². The number of hydrogen-bond donors (Lipinski definition) is 2. The highest BCUT2D eigenvalue weighted by atomic mass is 16.3. The molecule has 19 heavy (non-hydrogen) atoms. The monoisotopic (exact) mass is 260 g/mol. The summed E-state index contributed by atoms with van der Waals surface area (Å²) in [4.78, 5) is 12.0. The minimum Gasteiger partial charge on any atom is -0.391 e. The van der Waals surface area contributed by atoms with Gasteiger partial charge in [-0.2, -0.15) is 0 Å². The molecular weight excluding hydrogens is 240 g/mol. The van der Waals surface area contributed by atoms with Crippen molar-refractivity contribution in [2.75, 3.05) is 5.32 Å². The third-order valence-electron chi connectivity index (χ3n) is 3.66. The molecule has 2 N–H and O–H groups in total. The largest absolute Gasteiger partial charge is 0.391 e.